The Balaban J connectivity index is 1.03. The van der Waals surface area contributed by atoms with Gasteiger partial charge in [0.05, 0.1) is 22.3 Å². The highest BCUT2D eigenvalue weighted by Crippen LogP contribution is 2.34. The van der Waals surface area contributed by atoms with E-state index in [-0.39, 0.29) is 35.6 Å². The van der Waals surface area contributed by atoms with Gasteiger partial charge >= 0.3 is 0 Å². The van der Waals surface area contributed by atoms with E-state index >= 15 is 0 Å². The van der Waals surface area contributed by atoms with Gasteiger partial charge in [-0.05, 0) is 91.2 Å². The van der Waals surface area contributed by atoms with Gasteiger partial charge < -0.3 is 4.90 Å². The number of nitrogens with one attached hydrogen (secondary N) is 1. The van der Waals surface area contributed by atoms with Crippen molar-refractivity contribution in [2.45, 2.75) is 70.5 Å². The largest absolute Gasteiger partial charge is 0.322 e. The molecule has 5 heterocycles. The van der Waals surface area contributed by atoms with Gasteiger partial charge in [-0.15, -0.1) is 0 Å². The van der Waals surface area contributed by atoms with Crippen LogP contribution < -0.4 is 10.9 Å². The Morgan fingerprint density at radius 1 is 0.956 bits per heavy atom. The number of carbonyl (C=O) groups is 3. The molecule has 10 heteroatoms. The highest BCUT2D eigenvalue weighted by molar-refractivity contribution is 6.05. The minimum Gasteiger partial charge on any atom is -0.322 e. The maximum absolute atomic E-state index is 13.6. The van der Waals surface area contributed by atoms with E-state index in [1.165, 1.54) is 5.56 Å². The number of nitrogens with zero attached hydrogens (tertiary/aromatic N) is 5. The molecule has 3 aliphatic heterocycles. The molecule has 4 aromatic rings. The molecule has 230 valence electrons. The fourth-order valence-electron chi connectivity index (χ4n) is 7.03. The van der Waals surface area contributed by atoms with E-state index in [0.29, 0.717) is 35.3 Å². The number of hydrogen-bond acceptors (Lipinski definition) is 7. The number of benzene rings is 2. The van der Waals surface area contributed by atoms with Gasteiger partial charge in [-0.3, -0.25) is 38.9 Å². The second kappa shape index (κ2) is 11.7. The Bertz CT molecular complexity index is 1890. The lowest BCUT2D eigenvalue weighted by Gasteiger charge is -2.32. The molecule has 2 aromatic carbocycles. The van der Waals surface area contributed by atoms with Crippen molar-refractivity contribution in [3.8, 4) is 5.69 Å². The number of aromatic nitrogens is 3. The minimum atomic E-state index is -0.601. The van der Waals surface area contributed by atoms with Crippen molar-refractivity contribution in [2.24, 2.45) is 0 Å². The average molecular weight is 605 g/mol. The Morgan fingerprint density at radius 2 is 1.78 bits per heavy atom. The van der Waals surface area contributed by atoms with Crippen LogP contribution >= 0.6 is 0 Å². The third-order valence-electron chi connectivity index (χ3n) is 9.46. The fourth-order valence-corrected chi connectivity index (χ4v) is 7.03. The summed E-state index contributed by atoms with van der Waals surface area (Å²) in [6.07, 6.45) is 5.94. The number of likely N-dealkylation sites (tertiary alicyclic amines) is 1. The fraction of sp³-hybridized carbons (Fsp3) is 0.371. The van der Waals surface area contributed by atoms with E-state index in [2.05, 4.69) is 52.2 Å². The zero-order valence-electron chi connectivity index (χ0n) is 25.5. The van der Waals surface area contributed by atoms with Gasteiger partial charge in [-0.1, -0.05) is 32.0 Å². The number of imide groups is 1. The number of fused-ring (bicyclic) bond motifs is 2. The molecule has 3 amide bonds. The summed E-state index contributed by atoms with van der Waals surface area (Å²) in [5.74, 6) is -0.254. The van der Waals surface area contributed by atoms with Crippen molar-refractivity contribution in [2.75, 3.05) is 13.1 Å². The summed E-state index contributed by atoms with van der Waals surface area (Å²) in [6.45, 7) is 7.12. The number of rotatable bonds is 6. The van der Waals surface area contributed by atoms with Crippen molar-refractivity contribution < 1.29 is 14.4 Å². The molecule has 1 unspecified atom stereocenters. The van der Waals surface area contributed by atoms with Gasteiger partial charge in [-0.25, -0.2) is 4.98 Å². The maximum Gasteiger partial charge on any atom is 0.265 e. The second-order valence-corrected chi connectivity index (χ2v) is 12.7. The van der Waals surface area contributed by atoms with Gasteiger partial charge in [0.2, 0.25) is 11.8 Å². The lowest BCUT2D eigenvalue weighted by atomic mass is 9.87. The molecular weight excluding hydrogens is 568 g/mol. The van der Waals surface area contributed by atoms with Gasteiger partial charge in [0.15, 0.2) is 0 Å². The zero-order valence-corrected chi connectivity index (χ0v) is 25.5. The van der Waals surface area contributed by atoms with Crippen molar-refractivity contribution >= 4 is 28.6 Å². The highest BCUT2D eigenvalue weighted by Gasteiger charge is 2.39. The lowest BCUT2D eigenvalue weighted by Crippen LogP contribution is -2.52. The number of amides is 3. The highest BCUT2D eigenvalue weighted by atomic mass is 16.2. The molecule has 45 heavy (non-hydrogen) atoms. The van der Waals surface area contributed by atoms with Crippen LogP contribution in [0, 0.1) is 0 Å². The topological polar surface area (TPSA) is 118 Å². The first kappa shape index (κ1) is 29.0. The molecule has 2 saturated heterocycles. The Labute approximate surface area is 261 Å². The van der Waals surface area contributed by atoms with E-state index in [0.717, 1.165) is 55.0 Å². The van der Waals surface area contributed by atoms with E-state index < -0.39 is 6.04 Å². The van der Waals surface area contributed by atoms with Gasteiger partial charge in [0.25, 0.3) is 11.5 Å². The van der Waals surface area contributed by atoms with Crippen LogP contribution in [-0.4, -0.2) is 61.2 Å². The van der Waals surface area contributed by atoms with Crippen LogP contribution in [0.15, 0.2) is 65.8 Å². The number of carbonyl (C=O) groups excluding carboxylic acids is 3. The monoisotopic (exact) mass is 604 g/mol. The van der Waals surface area contributed by atoms with Crippen LogP contribution in [0.5, 0.6) is 0 Å². The lowest BCUT2D eigenvalue weighted by molar-refractivity contribution is -0.136. The normalized spacial score (nSPS) is 19.4. The van der Waals surface area contributed by atoms with Crippen molar-refractivity contribution in [3.63, 3.8) is 0 Å². The minimum absolute atomic E-state index is 0.0956. The molecule has 3 aliphatic rings. The predicted molar refractivity (Wildman–Crippen MR) is 169 cm³/mol. The molecule has 7 rings (SSSR count). The molecule has 0 radical (unpaired) electrons. The number of pyridine rings is 1. The van der Waals surface area contributed by atoms with Crippen molar-refractivity contribution in [3.05, 3.63) is 99.4 Å². The van der Waals surface area contributed by atoms with E-state index in [9.17, 15) is 19.2 Å². The summed E-state index contributed by atoms with van der Waals surface area (Å²) in [7, 11) is 0. The summed E-state index contributed by atoms with van der Waals surface area (Å²) in [6, 6.07) is 15.2. The molecule has 0 bridgehead atoms. The van der Waals surface area contributed by atoms with Gasteiger partial charge in [0.1, 0.15) is 12.4 Å². The van der Waals surface area contributed by atoms with Crippen LogP contribution in [0.2, 0.25) is 0 Å². The molecule has 2 aromatic heterocycles. The first-order valence-corrected chi connectivity index (χ1v) is 15.7. The standard InChI is InChI=1S/C35H36N6O4/c1-21(2)32-29(4-3-13-36-32)41-20-37-28-8-5-22(16-27(28)35(41)45)18-39-14-11-23(12-15-39)24-6-7-26-25(17-24)19-40(34(26)44)30-9-10-31(42)38-33(30)43/h3-8,13,16-17,20-21,23,30H,9-12,14-15,18-19H2,1-2H3,(H,38,42,43). The van der Waals surface area contributed by atoms with Gasteiger partial charge in [-0.2, -0.15) is 0 Å². The SMILES string of the molecule is CC(C)c1ncccc1-n1cnc2ccc(CN3CCC(c4ccc5c(c4)CN(C4CCC(=O)NC4=O)C5=O)CC3)cc2c1=O. The van der Waals surface area contributed by atoms with E-state index in [1.54, 1.807) is 22.0 Å². The first-order chi connectivity index (χ1) is 21.8. The summed E-state index contributed by atoms with van der Waals surface area (Å²) in [4.78, 5) is 63.8. The maximum atomic E-state index is 13.6. The number of piperidine rings is 2. The molecule has 0 aliphatic carbocycles. The zero-order chi connectivity index (χ0) is 31.2. The molecule has 1 N–H and O–H groups in total. The summed E-state index contributed by atoms with van der Waals surface area (Å²) >= 11 is 0. The average Bonchev–Trinajstić information content (AvgIpc) is 3.37. The van der Waals surface area contributed by atoms with E-state index in [4.69, 9.17) is 0 Å². The second-order valence-electron chi connectivity index (χ2n) is 12.7. The predicted octanol–water partition coefficient (Wildman–Crippen LogP) is 4.04. The molecule has 0 saturated carbocycles. The quantitative estimate of drug-likeness (QED) is 0.330. The van der Waals surface area contributed by atoms with Crippen LogP contribution in [0.25, 0.3) is 16.6 Å². The molecular formula is C35H36N6O4. The van der Waals surface area contributed by atoms with Crippen LogP contribution in [0.3, 0.4) is 0 Å². The Morgan fingerprint density at radius 3 is 2.56 bits per heavy atom. The third-order valence-corrected chi connectivity index (χ3v) is 9.46. The Hall–Kier alpha value is -4.70. The Kier molecular flexibility index (Phi) is 7.53. The van der Waals surface area contributed by atoms with Crippen LogP contribution in [-0.2, 0) is 22.7 Å². The van der Waals surface area contributed by atoms with Crippen molar-refractivity contribution in [1.29, 1.82) is 0 Å². The summed E-state index contributed by atoms with van der Waals surface area (Å²) < 4.78 is 1.61. The number of hydrogen-bond donors (Lipinski definition) is 1. The molecule has 10 nitrogen and oxygen atoms in total. The van der Waals surface area contributed by atoms with Crippen LogP contribution in [0.1, 0.15) is 84.1 Å². The third kappa shape index (κ3) is 5.44. The van der Waals surface area contributed by atoms with Crippen molar-refractivity contribution in [1.82, 2.24) is 29.7 Å². The molecule has 1 atom stereocenters. The molecule has 2 fully saturated rings. The van der Waals surface area contributed by atoms with Gasteiger partial charge in [0, 0.05) is 31.3 Å². The summed E-state index contributed by atoms with van der Waals surface area (Å²) in [5, 5.41) is 2.97. The first-order valence-electron chi connectivity index (χ1n) is 15.7. The van der Waals surface area contributed by atoms with E-state index in [1.807, 2.05) is 30.3 Å². The summed E-state index contributed by atoms with van der Waals surface area (Å²) in [5.41, 5.74) is 6.11. The smallest absolute Gasteiger partial charge is 0.265 e. The van der Waals surface area contributed by atoms with Crippen LogP contribution in [0.4, 0.5) is 0 Å². The molecule has 0 spiro atoms.